The number of hydrogen-bond acceptors (Lipinski definition) is 2. The van der Waals surface area contributed by atoms with Gasteiger partial charge in [-0.05, 0) is 38.9 Å². The van der Waals surface area contributed by atoms with Gasteiger partial charge in [-0.25, -0.2) is 0 Å². The van der Waals surface area contributed by atoms with Crippen molar-refractivity contribution in [3.8, 4) is 0 Å². The fourth-order valence-electron chi connectivity index (χ4n) is 2.41. The Morgan fingerprint density at radius 2 is 2.12 bits per heavy atom. The second-order valence-corrected chi connectivity index (χ2v) is 4.72. The lowest BCUT2D eigenvalue weighted by Crippen LogP contribution is -2.40. The number of carbonyl (C=O) groups excluding carboxylic acids is 1. The summed E-state index contributed by atoms with van der Waals surface area (Å²) < 4.78 is 0. The number of benzene rings is 1. The second-order valence-electron chi connectivity index (χ2n) is 4.72. The van der Waals surface area contributed by atoms with E-state index in [0.717, 1.165) is 31.5 Å². The van der Waals surface area contributed by atoms with Crippen LogP contribution in [-0.4, -0.2) is 37.0 Å². The van der Waals surface area contributed by atoms with Crippen molar-refractivity contribution in [1.82, 2.24) is 10.2 Å². The summed E-state index contributed by atoms with van der Waals surface area (Å²) in [7, 11) is 1.94. The molecule has 3 heteroatoms. The number of hydrogen-bond donors (Lipinski definition) is 1. The molecule has 1 aromatic carbocycles. The molecule has 1 unspecified atom stereocenters. The first kappa shape index (κ1) is 12.1. The first-order valence-corrected chi connectivity index (χ1v) is 6.24. The molecule has 0 spiro atoms. The minimum Gasteiger partial charge on any atom is -0.334 e. The molecule has 1 aliphatic heterocycles. The zero-order valence-corrected chi connectivity index (χ0v) is 10.6. The van der Waals surface area contributed by atoms with Crippen LogP contribution in [0, 0.1) is 6.92 Å². The fraction of sp³-hybridized carbons (Fsp3) is 0.500. The summed E-state index contributed by atoms with van der Waals surface area (Å²) in [5.41, 5.74) is 1.99. The van der Waals surface area contributed by atoms with Crippen molar-refractivity contribution in [2.45, 2.75) is 25.8 Å². The number of rotatable bonds is 3. The standard InChI is InChI=1S/C14H20N2O/c1-11-5-7-12(8-6-11)14(17)16-9-3-4-13(16)10-15-2/h5-8,13,15H,3-4,9-10H2,1-2H3. The van der Waals surface area contributed by atoms with Crippen molar-refractivity contribution in [2.75, 3.05) is 20.1 Å². The van der Waals surface area contributed by atoms with Crippen LogP contribution in [-0.2, 0) is 0 Å². The van der Waals surface area contributed by atoms with Crippen molar-refractivity contribution in [3.05, 3.63) is 35.4 Å². The van der Waals surface area contributed by atoms with Crippen LogP contribution >= 0.6 is 0 Å². The SMILES string of the molecule is CNCC1CCCN1C(=O)c1ccc(C)cc1. The lowest BCUT2D eigenvalue weighted by Gasteiger charge is -2.24. The Hall–Kier alpha value is -1.35. The molecule has 1 aromatic rings. The highest BCUT2D eigenvalue weighted by atomic mass is 16.2. The van der Waals surface area contributed by atoms with E-state index in [4.69, 9.17) is 0 Å². The molecule has 0 saturated carbocycles. The molecule has 1 atom stereocenters. The molecule has 17 heavy (non-hydrogen) atoms. The van der Waals surface area contributed by atoms with E-state index in [1.807, 2.05) is 43.1 Å². The van der Waals surface area contributed by atoms with E-state index in [2.05, 4.69) is 5.32 Å². The van der Waals surface area contributed by atoms with Crippen LogP contribution < -0.4 is 5.32 Å². The predicted octanol–water partition coefficient (Wildman–Crippen LogP) is 1.82. The molecular weight excluding hydrogens is 212 g/mol. The fourth-order valence-corrected chi connectivity index (χ4v) is 2.41. The van der Waals surface area contributed by atoms with Gasteiger partial charge in [0.15, 0.2) is 0 Å². The third-order valence-electron chi connectivity index (χ3n) is 3.38. The Kier molecular flexibility index (Phi) is 3.79. The third-order valence-corrected chi connectivity index (χ3v) is 3.38. The van der Waals surface area contributed by atoms with E-state index in [0.29, 0.717) is 6.04 Å². The van der Waals surface area contributed by atoms with Crippen molar-refractivity contribution < 1.29 is 4.79 Å². The first-order valence-electron chi connectivity index (χ1n) is 6.24. The normalized spacial score (nSPS) is 19.6. The van der Waals surface area contributed by atoms with Gasteiger partial charge in [-0.2, -0.15) is 0 Å². The van der Waals surface area contributed by atoms with Gasteiger partial charge < -0.3 is 10.2 Å². The Bertz CT molecular complexity index is 386. The number of likely N-dealkylation sites (N-methyl/N-ethyl adjacent to an activating group) is 1. The van der Waals surface area contributed by atoms with E-state index < -0.39 is 0 Å². The van der Waals surface area contributed by atoms with E-state index in [9.17, 15) is 4.79 Å². The number of nitrogens with one attached hydrogen (secondary N) is 1. The molecule has 1 saturated heterocycles. The van der Waals surface area contributed by atoms with Gasteiger partial charge in [0.1, 0.15) is 0 Å². The molecule has 92 valence electrons. The molecule has 0 aliphatic carbocycles. The Labute approximate surface area is 103 Å². The van der Waals surface area contributed by atoms with Crippen molar-refractivity contribution >= 4 is 5.91 Å². The van der Waals surface area contributed by atoms with E-state index in [1.165, 1.54) is 5.56 Å². The maximum atomic E-state index is 12.3. The van der Waals surface area contributed by atoms with Gasteiger partial charge in [-0.15, -0.1) is 0 Å². The Morgan fingerprint density at radius 1 is 1.41 bits per heavy atom. The van der Waals surface area contributed by atoms with Gasteiger partial charge in [-0.1, -0.05) is 17.7 Å². The molecule has 1 fully saturated rings. The van der Waals surface area contributed by atoms with E-state index in [-0.39, 0.29) is 5.91 Å². The number of amides is 1. The monoisotopic (exact) mass is 232 g/mol. The summed E-state index contributed by atoms with van der Waals surface area (Å²) in [4.78, 5) is 14.3. The largest absolute Gasteiger partial charge is 0.334 e. The number of aryl methyl sites for hydroxylation is 1. The van der Waals surface area contributed by atoms with Gasteiger partial charge in [0.25, 0.3) is 5.91 Å². The van der Waals surface area contributed by atoms with Crippen LogP contribution in [0.15, 0.2) is 24.3 Å². The maximum Gasteiger partial charge on any atom is 0.254 e. The second kappa shape index (κ2) is 5.32. The number of likely N-dealkylation sites (tertiary alicyclic amines) is 1. The highest BCUT2D eigenvalue weighted by Crippen LogP contribution is 2.19. The molecule has 0 aromatic heterocycles. The average Bonchev–Trinajstić information content (AvgIpc) is 2.78. The zero-order valence-electron chi connectivity index (χ0n) is 10.6. The highest BCUT2D eigenvalue weighted by molar-refractivity contribution is 5.94. The van der Waals surface area contributed by atoms with Crippen LogP contribution in [0.1, 0.15) is 28.8 Å². The lowest BCUT2D eigenvalue weighted by atomic mass is 10.1. The molecular formula is C14H20N2O. The quantitative estimate of drug-likeness (QED) is 0.862. The zero-order chi connectivity index (χ0) is 12.3. The van der Waals surface area contributed by atoms with Crippen LogP contribution in [0.4, 0.5) is 0 Å². The summed E-state index contributed by atoms with van der Waals surface area (Å²) in [5, 5.41) is 3.16. The van der Waals surface area contributed by atoms with Crippen molar-refractivity contribution in [2.24, 2.45) is 0 Å². The summed E-state index contributed by atoms with van der Waals surface area (Å²) >= 11 is 0. The van der Waals surface area contributed by atoms with Crippen LogP contribution in [0.3, 0.4) is 0 Å². The average molecular weight is 232 g/mol. The van der Waals surface area contributed by atoms with E-state index >= 15 is 0 Å². The third kappa shape index (κ3) is 2.67. The van der Waals surface area contributed by atoms with Crippen LogP contribution in [0.2, 0.25) is 0 Å². The topological polar surface area (TPSA) is 32.3 Å². The lowest BCUT2D eigenvalue weighted by molar-refractivity contribution is 0.0737. The summed E-state index contributed by atoms with van der Waals surface area (Å²) in [6, 6.07) is 8.19. The minimum absolute atomic E-state index is 0.169. The summed E-state index contributed by atoms with van der Waals surface area (Å²) in [5.74, 6) is 0.169. The van der Waals surface area contributed by atoms with E-state index in [1.54, 1.807) is 0 Å². The highest BCUT2D eigenvalue weighted by Gasteiger charge is 2.28. The summed E-state index contributed by atoms with van der Waals surface area (Å²) in [6.07, 6.45) is 2.22. The molecule has 0 radical (unpaired) electrons. The molecule has 3 nitrogen and oxygen atoms in total. The van der Waals surface area contributed by atoms with Crippen LogP contribution in [0.5, 0.6) is 0 Å². The molecule has 1 N–H and O–H groups in total. The van der Waals surface area contributed by atoms with Gasteiger partial charge >= 0.3 is 0 Å². The molecule has 1 aliphatic rings. The van der Waals surface area contributed by atoms with Gasteiger partial charge in [0.2, 0.25) is 0 Å². The number of carbonyl (C=O) groups is 1. The van der Waals surface area contributed by atoms with Gasteiger partial charge in [-0.3, -0.25) is 4.79 Å². The van der Waals surface area contributed by atoms with Crippen molar-refractivity contribution in [1.29, 1.82) is 0 Å². The Balaban J connectivity index is 2.11. The molecule has 2 rings (SSSR count). The van der Waals surface area contributed by atoms with Gasteiger partial charge in [0.05, 0.1) is 0 Å². The summed E-state index contributed by atoms with van der Waals surface area (Å²) in [6.45, 7) is 3.81. The Morgan fingerprint density at radius 3 is 2.76 bits per heavy atom. The molecule has 0 bridgehead atoms. The number of nitrogens with zero attached hydrogens (tertiary/aromatic N) is 1. The molecule has 1 amide bonds. The van der Waals surface area contributed by atoms with Crippen molar-refractivity contribution in [3.63, 3.8) is 0 Å². The first-order chi connectivity index (χ1) is 8.22. The molecule has 1 heterocycles. The minimum atomic E-state index is 0.169. The smallest absolute Gasteiger partial charge is 0.254 e. The van der Waals surface area contributed by atoms with Crippen LogP contribution in [0.25, 0.3) is 0 Å². The van der Waals surface area contributed by atoms with Gasteiger partial charge in [0, 0.05) is 24.7 Å². The predicted molar refractivity (Wildman–Crippen MR) is 69.2 cm³/mol. The maximum absolute atomic E-state index is 12.3.